The van der Waals surface area contributed by atoms with Crippen molar-refractivity contribution in [3.8, 4) is 11.5 Å². The molecule has 0 bridgehead atoms. The van der Waals surface area contributed by atoms with Gasteiger partial charge in [0, 0.05) is 5.56 Å². The lowest BCUT2D eigenvalue weighted by Gasteiger charge is -2.12. The molecular formula is C27H25N5O5. The van der Waals surface area contributed by atoms with E-state index in [9.17, 15) is 14.4 Å². The van der Waals surface area contributed by atoms with E-state index in [0.717, 1.165) is 5.56 Å². The molecule has 37 heavy (non-hydrogen) atoms. The Kier molecular flexibility index (Phi) is 7.68. The van der Waals surface area contributed by atoms with Crippen LogP contribution in [0.1, 0.15) is 17.5 Å². The number of rotatable bonds is 8. The average molecular weight is 500 g/mol. The number of hydrazone groups is 1. The number of hydrogen-bond acceptors (Lipinski definition) is 8. The number of ether oxygens (including phenoxy) is 2. The van der Waals surface area contributed by atoms with E-state index < -0.39 is 30.2 Å². The third-order valence-corrected chi connectivity index (χ3v) is 5.52. The van der Waals surface area contributed by atoms with Crippen molar-refractivity contribution in [2.75, 3.05) is 19.5 Å². The van der Waals surface area contributed by atoms with Gasteiger partial charge in [-0.2, -0.15) is 20.3 Å². The van der Waals surface area contributed by atoms with Crippen LogP contribution in [-0.2, 0) is 14.4 Å². The molecule has 4 rings (SSSR count). The molecule has 188 valence electrons. The largest absolute Gasteiger partial charge is 0.495 e. The lowest BCUT2D eigenvalue weighted by Crippen LogP contribution is -2.36. The highest BCUT2D eigenvalue weighted by Crippen LogP contribution is 2.30. The summed E-state index contributed by atoms with van der Waals surface area (Å²) in [4.78, 5) is 38.8. The summed E-state index contributed by atoms with van der Waals surface area (Å²) in [5.41, 5.74) is 2.62. The zero-order valence-corrected chi connectivity index (χ0v) is 20.5. The van der Waals surface area contributed by atoms with Gasteiger partial charge in [-0.3, -0.25) is 14.4 Å². The van der Waals surface area contributed by atoms with E-state index in [-0.39, 0.29) is 5.71 Å². The number of para-hydroxylation sites is 2. The van der Waals surface area contributed by atoms with Crippen LogP contribution in [0.4, 0.5) is 11.4 Å². The number of anilines is 1. The highest BCUT2D eigenvalue weighted by Gasteiger charge is 2.40. The van der Waals surface area contributed by atoms with Gasteiger partial charge in [-0.15, -0.1) is 0 Å². The van der Waals surface area contributed by atoms with Crippen LogP contribution in [0, 0.1) is 6.92 Å². The minimum Gasteiger partial charge on any atom is -0.495 e. The molecule has 0 saturated carbocycles. The lowest BCUT2D eigenvalue weighted by atomic mass is 10.0. The molecule has 1 aliphatic heterocycles. The van der Waals surface area contributed by atoms with Gasteiger partial charge in [0.25, 0.3) is 11.8 Å². The van der Waals surface area contributed by atoms with E-state index >= 15 is 0 Å². The van der Waals surface area contributed by atoms with E-state index in [2.05, 4.69) is 20.6 Å². The van der Waals surface area contributed by atoms with Crippen LogP contribution in [0.3, 0.4) is 0 Å². The summed E-state index contributed by atoms with van der Waals surface area (Å²) < 4.78 is 10.6. The minimum atomic E-state index is -1.17. The van der Waals surface area contributed by atoms with Crippen LogP contribution >= 0.6 is 0 Å². The second-order valence-corrected chi connectivity index (χ2v) is 8.11. The smallest absolute Gasteiger partial charge is 0.282 e. The molecule has 0 saturated heterocycles. The number of imide groups is 1. The number of nitrogens with one attached hydrogen (secondary N) is 1. The Labute approximate surface area is 213 Å². The van der Waals surface area contributed by atoms with Crippen LogP contribution in [-0.4, -0.2) is 48.7 Å². The zero-order chi connectivity index (χ0) is 26.4. The van der Waals surface area contributed by atoms with E-state index in [1.807, 2.05) is 19.1 Å². The van der Waals surface area contributed by atoms with Crippen molar-refractivity contribution in [3.63, 3.8) is 0 Å². The molecule has 0 fully saturated rings. The summed E-state index contributed by atoms with van der Waals surface area (Å²) in [6.45, 7) is 1.90. The van der Waals surface area contributed by atoms with Crippen molar-refractivity contribution in [3.05, 3.63) is 83.9 Å². The molecule has 1 N–H and O–H groups in total. The number of benzene rings is 3. The summed E-state index contributed by atoms with van der Waals surface area (Å²) in [5, 5.41) is 16.0. The zero-order valence-electron chi connectivity index (χ0n) is 20.5. The number of nitrogens with zero attached hydrogens (tertiary/aromatic N) is 4. The predicted octanol–water partition coefficient (Wildman–Crippen LogP) is 4.27. The van der Waals surface area contributed by atoms with Crippen molar-refractivity contribution in [2.45, 2.75) is 19.4 Å². The van der Waals surface area contributed by atoms with Gasteiger partial charge >= 0.3 is 0 Å². The van der Waals surface area contributed by atoms with Gasteiger partial charge in [-0.05, 0) is 36.8 Å². The van der Waals surface area contributed by atoms with E-state index in [1.165, 1.54) is 14.2 Å². The molecule has 10 nitrogen and oxygen atoms in total. The van der Waals surface area contributed by atoms with Crippen LogP contribution in [0.5, 0.6) is 11.5 Å². The Balaban J connectivity index is 1.58. The van der Waals surface area contributed by atoms with Crippen molar-refractivity contribution in [1.82, 2.24) is 5.01 Å². The Bertz CT molecular complexity index is 1390. The van der Waals surface area contributed by atoms with Crippen LogP contribution in [0.15, 0.2) is 88.1 Å². The Morgan fingerprint density at radius 1 is 0.973 bits per heavy atom. The molecule has 0 unspecified atom stereocenters. The normalized spacial score (nSPS) is 15.0. The summed E-state index contributed by atoms with van der Waals surface area (Å²) in [6, 6.07) is 19.9. The van der Waals surface area contributed by atoms with Crippen molar-refractivity contribution >= 4 is 34.8 Å². The summed E-state index contributed by atoms with van der Waals surface area (Å²) >= 11 is 0. The molecule has 3 aromatic carbocycles. The highest BCUT2D eigenvalue weighted by atomic mass is 16.5. The number of carbonyl (C=O) groups is 3. The van der Waals surface area contributed by atoms with Gasteiger partial charge in [0.1, 0.15) is 29.3 Å². The summed E-state index contributed by atoms with van der Waals surface area (Å²) in [5.74, 6) is -1.19. The maximum atomic E-state index is 13.3. The fraction of sp³-hybridized carbons (Fsp3) is 0.185. The van der Waals surface area contributed by atoms with Gasteiger partial charge in [-0.25, -0.2) is 0 Å². The fourth-order valence-electron chi connectivity index (χ4n) is 3.70. The number of carbonyl (C=O) groups excluding carboxylic acids is 3. The Morgan fingerprint density at radius 3 is 2.41 bits per heavy atom. The third-order valence-electron chi connectivity index (χ3n) is 5.52. The van der Waals surface area contributed by atoms with Crippen molar-refractivity contribution in [2.24, 2.45) is 15.3 Å². The fourth-order valence-corrected chi connectivity index (χ4v) is 3.70. The topological polar surface area (TPSA) is 122 Å². The molecule has 0 spiro atoms. The van der Waals surface area contributed by atoms with Gasteiger partial charge in [-0.1, -0.05) is 48.5 Å². The number of azo groups is 1. The maximum Gasteiger partial charge on any atom is 0.282 e. The molecule has 10 heteroatoms. The second kappa shape index (κ2) is 11.3. The Hall–Kier alpha value is -4.86. The van der Waals surface area contributed by atoms with Gasteiger partial charge in [0.05, 0.1) is 19.9 Å². The first-order valence-electron chi connectivity index (χ1n) is 11.4. The summed E-state index contributed by atoms with van der Waals surface area (Å²) in [6.07, 6.45) is -0.606. The molecule has 0 aliphatic carbocycles. The van der Waals surface area contributed by atoms with Gasteiger partial charge < -0.3 is 14.8 Å². The highest BCUT2D eigenvalue weighted by molar-refractivity contribution is 6.23. The molecular weight excluding hydrogens is 474 g/mol. The first kappa shape index (κ1) is 25.2. The SMILES string of the molecule is COc1ccc(C)cc1N=N[C@H]1C(=O)N(C(=O)CC(=O)Nc2ccccc2OC)N=C1c1ccccc1. The molecule has 0 aromatic heterocycles. The van der Waals surface area contributed by atoms with E-state index in [4.69, 9.17) is 9.47 Å². The number of methoxy groups -OCH3 is 2. The van der Waals surface area contributed by atoms with Crippen molar-refractivity contribution in [1.29, 1.82) is 0 Å². The standard InChI is InChI=1S/C27H25N5O5/c1-17-13-14-22(37-3)20(15-17)29-30-26-25(18-9-5-4-6-10-18)31-32(27(26)35)24(34)16-23(33)28-19-11-7-8-12-21(19)36-2/h4-15,26H,16H2,1-3H3,(H,28,33)/t26-/m1/s1. The predicted molar refractivity (Wildman–Crippen MR) is 137 cm³/mol. The third kappa shape index (κ3) is 5.69. The van der Waals surface area contributed by atoms with Crippen LogP contribution in [0.25, 0.3) is 0 Å². The molecule has 3 aromatic rings. The van der Waals surface area contributed by atoms with Gasteiger partial charge in [0.15, 0.2) is 6.04 Å². The monoisotopic (exact) mass is 499 g/mol. The molecule has 0 radical (unpaired) electrons. The quantitative estimate of drug-likeness (QED) is 0.366. The minimum absolute atomic E-state index is 0.249. The first-order valence-corrected chi connectivity index (χ1v) is 11.4. The number of hydrogen-bond donors (Lipinski definition) is 1. The summed E-state index contributed by atoms with van der Waals surface area (Å²) in [7, 11) is 2.98. The van der Waals surface area contributed by atoms with Crippen LogP contribution < -0.4 is 14.8 Å². The second-order valence-electron chi connectivity index (χ2n) is 8.11. The molecule has 1 atom stereocenters. The van der Waals surface area contributed by atoms with Crippen molar-refractivity contribution < 1.29 is 23.9 Å². The van der Waals surface area contributed by atoms with E-state index in [1.54, 1.807) is 60.7 Å². The first-order chi connectivity index (χ1) is 17.9. The molecule has 1 aliphatic rings. The number of amides is 3. The maximum absolute atomic E-state index is 13.3. The lowest BCUT2D eigenvalue weighted by molar-refractivity contribution is -0.144. The average Bonchev–Trinajstić information content (AvgIpc) is 3.24. The van der Waals surface area contributed by atoms with Gasteiger partial charge in [0.2, 0.25) is 5.91 Å². The van der Waals surface area contributed by atoms with Crippen LogP contribution in [0.2, 0.25) is 0 Å². The molecule has 1 heterocycles. The molecule has 3 amide bonds. The number of aryl methyl sites for hydroxylation is 1. The Morgan fingerprint density at radius 2 is 1.68 bits per heavy atom. The van der Waals surface area contributed by atoms with E-state index in [0.29, 0.717) is 33.4 Å².